The molecule has 2 aromatic carbocycles. The van der Waals surface area contributed by atoms with Gasteiger partial charge in [-0.3, -0.25) is 14.5 Å². The third kappa shape index (κ3) is 2.96. The number of pyridine rings is 1. The van der Waals surface area contributed by atoms with Gasteiger partial charge < -0.3 is 4.90 Å². The molecule has 3 radical (unpaired) electrons. The van der Waals surface area contributed by atoms with Gasteiger partial charge in [0.15, 0.2) is 7.28 Å². The van der Waals surface area contributed by atoms with Crippen LogP contribution in [0.2, 0.25) is 0 Å². The molecule has 2 aliphatic heterocycles. The minimum Gasteiger partial charge on any atom is -0.339 e. The van der Waals surface area contributed by atoms with E-state index in [1.807, 2.05) is 13.3 Å². The van der Waals surface area contributed by atoms with Gasteiger partial charge in [-0.25, -0.2) is 0 Å². The predicted molar refractivity (Wildman–Crippen MR) is 130 cm³/mol. The summed E-state index contributed by atoms with van der Waals surface area (Å²) in [6.45, 7) is 0.360. The molecule has 36 heavy (non-hydrogen) atoms. The van der Waals surface area contributed by atoms with E-state index in [2.05, 4.69) is 16.1 Å². The molecular formula is C26H18B2F3N4O. The van der Waals surface area contributed by atoms with Crippen molar-refractivity contribution in [2.45, 2.75) is 36.8 Å². The van der Waals surface area contributed by atoms with E-state index in [0.29, 0.717) is 34.7 Å². The second kappa shape index (κ2) is 7.02. The Morgan fingerprint density at radius 3 is 2.72 bits per heavy atom. The number of rotatable bonds is 2. The van der Waals surface area contributed by atoms with E-state index in [-0.39, 0.29) is 11.4 Å². The van der Waals surface area contributed by atoms with Crippen LogP contribution in [0.15, 0.2) is 48.8 Å². The first-order valence-corrected chi connectivity index (χ1v) is 11.8. The van der Waals surface area contributed by atoms with Crippen LogP contribution in [0, 0.1) is 0 Å². The number of hydrogen-bond acceptors (Lipinski definition) is 3. The van der Waals surface area contributed by atoms with Crippen molar-refractivity contribution in [2.75, 3.05) is 0 Å². The first-order valence-electron chi connectivity index (χ1n) is 11.8. The van der Waals surface area contributed by atoms with E-state index >= 15 is 0 Å². The fourth-order valence-electron chi connectivity index (χ4n) is 5.73. The third-order valence-electron chi connectivity index (χ3n) is 7.54. The molecule has 175 valence electrons. The van der Waals surface area contributed by atoms with E-state index in [1.54, 1.807) is 36.5 Å². The maximum Gasteiger partial charge on any atom is 0.418 e. The Hall–Kier alpha value is -3.55. The number of nitrogens with zero attached hydrogens (tertiary/aromatic N) is 4. The Morgan fingerprint density at radius 1 is 1.17 bits per heavy atom. The Kier molecular flexibility index (Phi) is 4.23. The lowest BCUT2D eigenvalue weighted by molar-refractivity contribution is -0.136. The highest BCUT2D eigenvalue weighted by Crippen LogP contribution is 2.47. The second-order valence-electron chi connectivity index (χ2n) is 9.89. The van der Waals surface area contributed by atoms with Crippen LogP contribution in [0.4, 0.5) is 13.2 Å². The van der Waals surface area contributed by atoms with E-state index in [0.717, 1.165) is 41.1 Å². The summed E-state index contributed by atoms with van der Waals surface area (Å²) in [4.78, 5) is 19.3. The van der Waals surface area contributed by atoms with Crippen LogP contribution in [-0.2, 0) is 25.1 Å². The summed E-state index contributed by atoms with van der Waals surface area (Å²) in [6, 6.07) is 10.1. The van der Waals surface area contributed by atoms with E-state index in [4.69, 9.17) is 7.85 Å². The van der Waals surface area contributed by atoms with Crippen molar-refractivity contribution in [1.29, 1.82) is 0 Å². The number of fused-ring (bicyclic) bond motifs is 5. The van der Waals surface area contributed by atoms with Gasteiger partial charge in [0.1, 0.15) is 13.4 Å². The van der Waals surface area contributed by atoms with Gasteiger partial charge in [0, 0.05) is 36.7 Å². The number of amides is 1. The molecule has 0 spiro atoms. The van der Waals surface area contributed by atoms with Gasteiger partial charge in [-0.2, -0.15) is 18.3 Å². The summed E-state index contributed by atoms with van der Waals surface area (Å²) in [5, 5.41) is 3.39. The largest absolute Gasteiger partial charge is 0.418 e. The normalized spacial score (nSPS) is 20.8. The monoisotopic (exact) mass is 481 g/mol. The van der Waals surface area contributed by atoms with Gasteiger partial charge in [0.2, 0.25) is 0 Å². The SMILES string of the molecule is [B]C12[B]c3cc(-c4ccc(C(F)(F)F)c5nn(C)cc45)cc(C4CC4)c3CN1C(=O)c1cccnc12. The Bertz CT molecular complexity index is 1610. The molecule has 10 heteroatoms. The van der Waals surface area contributed by atoms with Gasteiger partial charge in [0.25, 0.3) is 5.91 Å². The van der Waals surface area contributed by atoms with Crippen molar-refractivity contribution in [1.82, 2.24) is 19.7 Å². The molecule has 0 N–H and O–H groups in total. The second-order valence-corrected chi connectivity index (χ2v) is 9.89. The van der Waals surface area contributed by atoms with Gasteiger partial charge >= 0.3 is 6.18 Å². The van der Waals surface area contributed by atoms with Crippen LogP contribution in [0.25, 0.3) is 22.0 Å². The molecule has 1 amide bonds. The maximum absolute atomic E-state index is 13.7. The van der Waals surface area contributed by atoms with Crippen LogP contribution in [0.5, 0.6) is 0 Å². The number of carbonyl (C=O) groups excluding carboxylic acids is 1. The minimum absolute atomic E-state index is 0.0711. The molecule has 4 heterocycles. The smallest absolute Gasteiger partial charge is 0.339 e. The van der Waals surface area contributed by atoms with Crippen molar-refractivity contribution in [3.05, 3.63) is 76.7 Å². The van der Waals surface area contributed by atoms with Crippen molar-refractivity contribution in [2.24, 2.45) is 7.05 Å². The van der Waals surface area contributed by atoms with E-state index in [1.165, 1.54) is 10.7 Å². The molecule has 3 aliphatic rings. The first-order chi connectivity index (χ1) is 17.1. The van der Waals surface area contributed by atoms with Crippen molar-refractivity contribution in [3.8, 4) is 11.1 Å². The van der Waals surface area contributed by atoms with E-state index < -0.39 is 17.1 Å². The predicted octanol–water partition coefficient (Wildman–Crippen LogP) is 3.81. The number of benzene rings is 2. The summed E-state index contributed by atoms with van der Waals surface area (Å²) >= 11 is 0. The number of carbonyl (C=O) groups is 1. The molecule has 1 fully saturated rings. The average molecular weight is 481 g/mol. The molecular weight excluding hydrogens is 463 g/mol. The van der Waals surface area contributed by atoms with Crippen LogP contribution in [0.3, 0.4) is 0 Å². The quantitative estimate of drug-likeness (QED) is 0.410. The molecule has 7 rings (SSSR count). The van der Waals surface area contributed by atoms with E-state index in [9.17, 15) is 18.0 Å². The van der Waals surface area contributed by atoms with Crippen LogP contribution in [-0.4, -0.2) is 40.7 Å². The molecule has 5 nitrogen and oxygen atoms in total. The number of hydrogen-bond donors (Lipinski definition) is 0. The minimum atomic E-state index is -4.50. The third-order valence-corrected chi connectivity index (χ3v) is 7.54. The lowest BCUT2D eigenvalue weighted by Crippen LogP contribution is -2.57. The number of aryl methyl sites for hydroxylation is 1. The zero-order valence-electron chi connectivity index (χ0n) is 19.3. The Morgan fingerprint density at radius 2 is 1.97 bits per heavy atom. The maximum atomic E-state index is 13.7. The average Bonchev–Trinajstić information content (AvgIpc) is 3.57. The number of aromatic nitrogens is 3. The lowest BCUT2D eigenvalue weighted by atomic mass is 9.41. The standard InChI is InChI=1S/C26H18B2F3N4O/c1-34-11-19-15(6-7-20(22(19)33-34)26(29,30)31)14-9-17(13-4-5-13)18-12-35-24(36)16-3-2-8-32-23(16)25(35,27)28-21(18)10-14/h2-3,6-11,13H,4-5,12H2,1H3. The summed E-state index contributed by atoms with van der Waals surface area (Å²) in [6.07, 6.45) is 0.824. The van der Waals surface area contributed by atoms with Gasteiger partial charge in [-0.05, 0) is 59.2 Å². The zero-order chi connectivity index (χ0) is 25.0. The number of halogens is 3. The molecule has 4 aromatic rings. The molecule has 1 saturated carbocycles. The molecule has 1 aliphatic carbocycles. The van der Waals surface area contributed by atoms with Crippen LogP contribution < -0.4 is 5.46 Å². The van der Waals surface area contributed by atoms with Gasteiger partial charge in [-0.15, -0.1) is 0 Å². The molecule has 2 aromatic heterocycles. The Labute approximate surface area is 207 Å². The number of alkyl halides is 3. The summed E-state index contributed by atoms with van der Waals surface area (Å²) < 4.78 is 42.4. The fourth-order valence-corrected chi connectivity index (χ4v) is 5.73. The van der Waals surface area contributed by atoms with Crippen molar-refractivity contribution >= 4 is 37.4 Å². The molecule has 0 saturated heterocycles. The van der Waals surface area contributed by atoms with Crippen LogP contribution in [0.1, 0.15) is 51.5 Å². The van der Waals surface area contributed by atoms with Crippen LogP contribution >= 0.6 is 0 Å². The molecule has 0 bridgehead atoms. The van der Waals surface area contributed by atoms with Gasteiger partial charge in [0.05, 0.1) is 16.8 Å². The fraction of sp³-hybridized carbons (Fsp3) is 0.269. The van der Waals surface area contributed by atoms with Gasteiger partial charge in [-0.1, -0.05) is 23.7 Å². The molecule has 1 unspecified atom stereocenters. The lowest BCUT2D eigenvalue weighted by Gasteiger charge is -2.41. The Balaban J connectivity index is 1.42. The summed E-state index contributed by atoms with van der Waals surface area (Å²) in [7, 11) is 10.3. The summed E-state index contributed by atoms with van der Waals surface area (Å²) in [5.74, 6) is 0.211. The first kappa shape index (κ1) is 21.7. The highest BCUT2D eigenvalue weighted by Gasteiger charge is 2.50. The highest BCUT2D eigenvalue weighted by molar-refractivity contribution is 6.67. The van der Waals surface area contributed by atoms with Crippen molar-refractivity contribution in [3.63, 3.8) is 0 Å². The summed E-state index contributed by atoms with van der Waals surface area (Å²) in [5.41, 5.74) is 4.72. The molecule has 1 atom stereocenters. The van der Waals surface area contributed by atoms with Crippen molar-refractivity contribution < 1.29 is 18.0 Å². The highest BCUT2D eigenvalue weighted by atomic mass is 19.4. The zero-order valence-corrected chi connectivity index (χ0v) is 19.3. The topological polar surface area (TPSA) is 51.0 Å².